The van der Waals surface area contributed by atoms with Crippen molar-refractivity contribution >= 4 is 0 Å². The molecule has 17 heavy (non-hydrogen) atoms. The Labute approximate surface area is 95.6 Å². The van der Waals surface area contributed by atoms with Crippen LogP contribution in [0.2, 0.25) is 0 Å². The van der Waals surface area contributed by atoms with E-state index in [1.807, 2.05) is 0 Å². The number of fused-ring (bicyclic) bond motifs is 1. The maximum atomic E-state index is 11.6. The van der Waals surface area contributed by atoms with Crippen molar-refractivity contribution < 1.29 is 14.6 Å². The molecule has 7 heteroatoms. The van der Waals surface area contributed by atoms with Gasteiger partial charge in [-0.1, -0.05) is 0 Å². The molecule has 4 atom stereocenters. The van der Waals surface area contributed by atoms with Gasteiger partial charge in [0.2, 0.25) is 0 Å². The van der Waals surface area contributed by atoms with Crippen LogP contribution in [-0.4, -0.2) is 39.6 Å². The van der Waals surface area contributed by atoms with Gasteiger partial charge in [0.25, 0.3) is 5.56 Å². The molecule has 2 aliphatic rings. The third kappa shape index (κ3) is 1.54. The predicted octanol–water partition coefficient (Wildman–Crippen LogP) is -1.50. The maximum absolute atomic E-state index is 11.6. The van der Waals surface area contributed by atoms with Gasteiger partial charge in [-0.3, -0.25) is 14.3 Å². The molecule has 0 radical (unpaired) electrons. The average molecular weight is 240 g/mol. The number of aromatic amines is 1. The van der Waals surface area contributed by atoms with Crippen LogP contribution in [0, 0.1) is 6.92 Å². The fraction of sp³-hybridized carbons (Fsp3) is 0.600. The Morgan fingerprint density at radius 3 is 2.82 bits per heavy atom. The Morgan fingerprint density at radius 2 is 2.18 bits per heavy atom. The Kier molecular flexibility index (Phi) is 2.22. The Bertz CT molecular complexity index is 563. The van der Waals surface area contributed by atoms with Gasteiger partial charge in [-0.15, -0.1) is 0 Å². The lowest BCUT2D eigenvalue weighted by Gasteiger charge is -2.18. The minimum absolute atomic E-state index is 0.144. The van der Waals surface area contributed by atoms with Crippen molar-refractivity contribution in [1.82, 2.24) is 9.55 Å². The van der Waals surface area contributed by atoms with Crippen LogP contribution in [0.15, 0.2) is 15.8 Å². The van der Waals surface area contributed by atoms with E-state index in [9.17, 15) is 9.59 Å². The Balaban J connectivity index is 1.98. The third-order valence-corrected chi connectivity index (χ3v) is 3.12. The molecule has 1 aromatic rings. The number of nitrogens with zero attached hydrogens (tertiary/aromatic N) is 1. The second-order valence-corrected chi connectivity index (χ2v) is 4.29. The Hall–Kier alpha value is -1.44. The molecular weight excluding hydrogens is 228 g/mol. The highest BCUT2D eigenvalue weighted by Gasteiger charge is 2.58. The molecule has 0 aliphatic carbocycles. The summed E-state index contributed by atoms with van der Waals surface area (Å²) in [6.45, 7) is 1.47. The smallest absolute Gasteiger partial charge is 0.330 e. The minimum atomic E-state index is -0.569. The zero-order valence-corrected chi connectivity index (χ0v) is 9.12. The summed E-state index contributed by atoms with van der Waals surface area (Å²) in [6, 6.07) is 0. The topological polar surface area (TPSA) is 96.8 Å². The number of rotatable bonds is 2. The first-order valence-corrected chi connectivity index (χ1v) is 5.35. The highest BCUT2D eigenvalue weighted by Crippen LogP contribution is 2.43. The first kappa shape index (κ1) is 10.7. The van der Waals surface area contributed by atoms with Crippen LogP contribution in [0.5, 0.6) is 0 Å². The first-order valence-electron chi connectivity index (χ1n) is 5.35. The predicted molar refractivity (Wildman–Crippen MR) is 55.7 cm³/mol. The molecule has 0 spiro atoms. The standard InChI is InChI=1S/C10H12N2O5/c1-4-2-12(10(15)11-8(4)14)9-7-6(17-7)5(3-13)16-9/h2,5-7,9,13H,3H2,1H3,(H,11,14,15)/t5-,6?,7?,9-/m1/s1. The van der Waals surface area contributed by atoms with Crippen molar-refractivity contribution in [3.63, 3.8) is 0 Å². The number of epoxide rings is 1. The van der Waals surface area contributed by atoms with E-state index in [4.69, 9.17) is 14.6 Å². The number of aliphatic hydroxyl groups is 1. The van der Waals surface area contributed by atoms with E-state index in [-0.39, 0.29) is 18.8 Å². The highest BCUT2D eigenvalue weighted by molar-refractivity contribution is 5.06. The molecule has 0 saturated carbocycles. The molecule has 0 amide bonds. The van der Waals surface area contributed by atoms with E-state index in [0.29, 0.717) is 5.56 Å². The molecular formula is C10H12N2O5. The lowest BCUT2D eigenvalue weighted by Crippen LogP contribution is -2.35. The lowest BCUT2D eigenvalue weighted by molar-refractivity contribution is -0.0857. The second kappa shape index (κ2) is 3.52. The number of aryl methyl sites for hydroxylation is 1. The van der Waals surface area contributed by atoms with Gasteiger partial charge in [0.15, 0.2) is 6.23 Å². The summed E-state index contributed by atoms with van der Waals surface area (Å²) in [5.41, 5.74) is -0.507. The maximum Gasteiger partial charge on any atom is 0.330 e. The van der Waals surface area contributed by atoms with E-state index in [1.54, 1.807) is 6.92 Å². The van der Waals surface area contributed by atoms with E-state index in [0.717, 1.165) is 0 Å². The monoisotopic (exact) mass is 240 g/mol. The molecule has 2 aliphatic heterocycles. The van der Waals surface area contributed by atoms with Crippen molar-refractivity contribution in [2.24, 2.45) is 0 Å². The van der Waals surface area contributed by atoms with Crippen LogP contribution < -0.4 is 11.2 Å². The summed E-state index contributed by atoms with van der Waals surface area (Å²) in [6.07, 6.45) is 0.119. The van der Waals surface area contributed by atoms with Crippen molar-refractivity contribution in [1.29, 1.82) is 0 Å². The van der Waals surface area contributed by atoms with Gasteiger partial charge in [0, 0.05) is 11.8 Å². The Morgan fingerprint density at radius 1 is 1.41 bits per heavy atom. The van der Waals surface area contributed by atoms with Crippen LogP contribution in [0.25, 0.3) is 0 Å². The van der Waals surface area contributed by atoms with E-state index in [1.165, 1.54) is 10.8 Å². The summed E-state index contributed by atoms with van der Waals surface area (Å²) in [5.74, 6) is 0. The molecule has 3 heterocycles. The summed E-state index contributed by atoms with van der Waals surface area (Å²) >= 11 is 0. The van der Waals surface area contributed by atoms with Crippen LogP contribution in [0.3, 0.4) is 0 Å². The summed E-state index contributed by atoms with van der Waals surface area (Å²) in [7, 11) is 0. The fourth-order valence-electron chi connectivity index (χ4n) is 2.14. The van der Waals surface area contributed by atoms with E-state index < -0.39 is 23.6 Å². The quantitative estimate of drug-likeness (QED) is 0.613. The van der Waals surface area contributed by atoms with Gasteiger partial charge >= 0.3 is 5.69 Å². The van der Waals surface area contributed by atoms with Gasteiger partial charge in [0.05, 0.1) is 6.61 Å². The van der Waals surface area contributed by atoms with Crippen molar-refractivity contribution in [2.75, 3.05) is 6.61 Å². The number of hydrogen-bond acceptors (Lipinski definition) is 5. The van der Waals surface area contributed by atoms with Gasteiger partial charge in [-0.25, -0.2) is 4.79 Å². The molecule has 2 unspecified atom stereocenters. The summed E-state index contributed by atoms with van der Waals surface area (Å²) in [5, 5.41) is 9.05. The van der Waals surface area contributed by atoms with Crippen molar-refractivity contribution in [3.05, 3.63) is 32.6 Å². The molecule has 7 nitrogen and oxygen atoms in total. The van der Waals surface area contributed by atoms with E-state index >= 15 is 0 Å². The van der Waals surface area contributed by atoms with E-state index in [2.05, 4.69) is 4.98 Å². The number of H-pyrrole nitrogens is 1. The largest absolute Gasteiger partial charge is 0.394 e. The molecule has 2 N–H and O–H groups in total. The van der Waals surface area contributed by atoms with Gasteiger partial charge in [-0.05, 0) is 6.92 Å². The van der Waals surface area contributed by atoms with Gasteiger partial charge in [0.1, 0.15) is 18.3 Å². The normalized spacial score (nSPS) is 34.7. The zero-order valence-electron chi connectivity index (χ0n) is 9.12. The highest BCUT2D eigenvalue weighted by atomic mass is 16.7. The number of aromatic nitrogens is 2. The van der Waals surface area contributed by atoms with Crippen LogP contribution in [0.4, 0.5) is 0 Å². The average Bonchev–Trinajstić information content (AvgIpc) is 3.00. The fourth-order valence-corrected chi connectivity index (χ4v) is 2.14. The SMILES string of the molecule is Cc1cn([C@@H]2O[C@H](CO)C3OC32)c(=O)[nH]c1=O. The number of hydrogen-bond donors (Lipinski definition) is 2. The summed E-state index contributed by atoms with van der Waals surface area (Å²) in [4.78, 5) is 25.1. The molecule has 3 rings (SSSR count). The number of ether oxygens (including phenoxy) is 2. The van der Waals surface area contributed by atoms with Crippen LogP contribution >= 0.6 is 0 Å². The lowest BCUT2D eigenvalue weighted by atomic mass is 10.2. The van der Waals surface area contributed by atoms with Crippen molar-refractivity contribution in [3.8, 4) is 0 Å². The molecule has 2 saturated heterocycles. The molecule has 0 aromatic carbocycles. The van der Waals surface area contributed by atoms with Crippen LogP contribution in [0.1, 0.15) is 11.8 Å². The second-order valence-electron chi connectivity index (χ2n) is 4.29. The minimum Gasteiger partial charge on any atom is -0.394 e. The van der Waals surface area contributed by atoms with Crippen molar-refractivity contribution in [2.45, 2.75) is 31.5 Å². The third-order valence-electron chi connectivity index (χ3n) is 3.12. The molecule has 92 valence electrons. The number of nitrogens with one attached hydrogen (secondary N) is 1. The molecule has 2 fully saturated rings. The van der Waals surface area contributed by atoms with Gasteiger partial charge < -0.3 is 14.6 Å². The number of aliphatic hydroxyl groups excluding tert-OH is 1. The van der Waals surface area contributed by atoms with Gasteiger partial charge in [-0.2, -0.15) is 0 Å². The van der Waals surface area contributed by atoms with Crippen LogP contribution in [-0.2, 0) is 9.47 Å². The molecule has 1 aromatic heterocycles. The summed E-state index contributed by atoms with van der Waals surface area (Å²) < 4.78 is 12.1. The first-order chi connectivity index (χ1) is 8.11. The zero-order chi connectivity index (χ0) is 12.2. The molecule has 0 bridgehead atoms.